The molecule has 1 aromatic carbocycles. The van der Waals surface area contributed by atoms with E-state index in [9.17, 15) is 0 Å². The molecule has 0 atom stereocenters. The lowest BCUT2D eigenvalue weighted by molar-refractivity contribution is 0.477. The number of halogens is 1. The summed E-state index contributed by atoms with van der Waals surface area (Å²) in [4.78, 5) is 0. The molecule has 0 aliphatic heterocycles. The first-order valence-corrected chi connectivity index (χ1v) is 6.12. The van der Waals surface area contributed by atoms with E-state index in [2.05, 4.69) is 5.10 Å². The lowest BCUT2D eigenvalue weighted by Gasteiger charge is -2.07. The van der Waals surface area contributed by atoms with Gasteiger partial charge >= 0.3 is 0 Å². The number of alkyl halides is 1. The van der Waals surface area contributed by atoms with E-state index in [-0.39, 0.29) is 0 Å². The Morgan fingerprint density at radius 3 is 2.82 bits per heavy atom. The van der Waals surface area contributed by atoms with E-state index in [1.54, 1.807) is 6.20 Å². The zero-order chi connectivity index (χ0) is 12.3. The van der Waals surface area contributed by atoms with Crippen LogP contribution in [0.15, 0.2) is 30.6 Å². The van der Waals surface area contributed by atoms with Crippen molar-refractivity contribution in [3.63, 3.8) is 0 Å². The third kappa shape index (κ3) is 2.80. The number of aryl methyl sites for hydroxylation is 2. The van der Waals surface area contributed by atoms with Crippen molar-refractivity contribution in [2.24, 2.45) is 0 Å². The molecule has 3 nitrogen and oxygen atoms in total. The quantitative estimate of drug-likeness (QED) is 0.773. The van der Waals surface area contributed by atoms with Crippen LogP contribution in [0.5, 0.6) is 11.5 Å². The highest BCUT2D eigenvalue weighted by molar-refractivity contribution is 6.17. The molecule has 0 aliphatic rings. The Bertz CT molecular complexity index is 508. The van der Waals surface area contributed by atoms with Crippen LogP contribution in [0.25, 0.3) is 0 Å². The van der Waals surface area contributed by atoms with Crippen molar-refractivity contribution in [2.45, 2.75) is 26.3 Å². The third-order valence-corrected chi connectivity index (χ3v) is 2.86. The van der Waals surface area contributed by atoms with Gasteiger partial charge in [0, 0.05) is 12.4 Å². The van der Waals surface area contributed by atoms with Crippen molar-refractivity contribution in [1.29, 1.82) is 0 Å². The van der Waals surface area contributed by atoms with Gasteiger partial charge in [-0.15, -0.1) is 11.6 Å². The zero-order valence-corrected chi connectivity index (χ0v) is 10.7. The number of ether oxygens (including phenoxy) is 1. The van der Waals surface area contributed by atoms with E-state index in [0.717, 1.165) is 29.2 Å². The Morgan fingerprint density at radius 1 is 1.41 bits per heavy atom. The average Bonchev–Trinajstić information content (AvgIpc) is 2.79. The third-order valence-electron chi connectivity index (χ3n) is 2.56. The molecular weight excluding hydrogens is 236 g/mol. The van der Waals surface area contributed by atoms with Crippen LogP contribution in [0.4, 0.5) is 0 Å². The predicted octanol–water partition coefficient (Wildman–Crippen LogP) is 3.74. The minimum atomic E-state index is 0.523. The number of aromatic nitrogens is 2. The van der Waals surface area contributed by atoms with Crippen molar-refractivity contribution >= 4 is 11.6 Å². The second kappa shape index (κ2) is 5.23. The van der Waals surface area contributed by atoms with Gasteiger partial charge in [0.1, 0.15) is 5.75 Å². The molecule has 0 spiro atoms. The van der Waals surface area contributed by atoms with Crippen LogP contribution in [-0.4, -0.2) is 9.78 Å². The van der Waals surface area contributed by atoms with Gasteiger partial charge in [0.05, 0.1) is 12.4 Å². The Morgan fingerprint density at radius 2 is 2.24 bits per heavy atom. The number of hydrogen-bond acceptors (Lipinski definition) is 2. The van der Waals surface area contributed by atoms with E-state index >= 15 is 0 Å². The maximum Gasteiger partial charge on any atom is 0.165 e. The van der Waals surface area contributed by atoms with Crippen molar-refractivity contribution in [2.75, 3.05) is 0 Å². The Labute approximate surface area is 106 Å². The lowest BCUT2D eigenvalue weighted by atomic mass is 10.1. The molecule has 17 heavy (non-hydrogen) atoms. The van der Waals surface area contributed by atoms with Crippen molar-refractivity contribution in [3.8, 4) is 11.5 Å². The molecule has 0 bridgehead atoms. The SMILES string of the molecule is CCn1cc(Oc2ccc(CCl)cc2C)cn1. The summed E-state index contributed by atoms with van der Waals surface area (Å²) in [6.07, 6.45) is 3.60. The summed E-state index contributed by atoms with van der Waals surface area (Å²) < 4.78 is 7.60. The fourth-order valence-corrected chi connectivity index (χ4v) is 1.77. The molecule has 0 radical (unpaired) electrons. The first kappa shape index (κ1) is 12.0. The summed E-state index contributed by atoms with van der Waals surface area (Å²) in [5, 5.41) is 4.16. The number of hydrogen-bond donors (Lipinski definition) is 0. The number of rotatable bonds is 4. The van der Waals surface area contributed by atoms with Crippen molar-refractivity contribution < 1.29 is 4.74 Å². The maximum atomic E-state index is 5.78. The monoisotopic (exact) mass is 250 g/mol. The molecule has 0 saturated carbocycles. The van der Waals surface area contributed by atoms with Gasteiger partial charge in [-0.25, -0.2) is 0 Å². The molecule has 0 amide bonds. The molecule has 4 heteroatoms. The maximum absolute atomic E-state index is 5.78. The lowest BCUT2D eigenvalue weighted by Crippen LogP contribution is -1.92. The molecule has 0 fully saturated rings. The minimum Gasteiger partial charge on any atom is -0.454 e. The fourth-order valence-electron chi connectivity index (χ4n) is 1.61. The van der Waals surface area contributed by atoms with Gasteiger partial charge in [0.15, 0.2) is 5.75 Å². The second-order valence-corrected chi connectivity index (χ2v) is 4.13. The van der Waals surface area contributed by atoms with E-state index < -0.39 is 0 Å². The van der Waals surface area contributed by atoms with Crippen LogP contribution < -0.4 is 4.74 Å². The smallest absolute Gasteiger partial charge is 0.165 e. The second-order valence-electron chi connectivity index (χ2n) is 3.87. The molecule has 1 heterocycles. The molecular formula is C13H15ClN2O. The van der Waals surface area contributed by atoms with Gasteiger partial charge in [0.2, 0.25) is 0 Å². The molecule has 2 rings (SSSR count). The van der Waals surface area contributed by atoms with Crippen LogP contribution in [0.3, 0.4) is 0 Å². The van der Waals surface area contributed by atoms with E-state index in [0.29, 0.717) is 5.88 Å². The summed E-state index contributed by atoms with van der Waals surface area (Å²) in [5.74, 6) is 2.12. The van der Waals surface area contributed by atoms with Crippen molar-refractivity contribution in [1.82, 2.24) is 9.78 Å². The number of benzene rings is 1. The molecule has 0 N–H and O–H groups in total. The largest absolute Gasteiger partial charge is 0.454 e. The first-order valence-electron chi connectivity index (χ1n) is 5.58. The van der Waals surface area contributed by atoms with Crippen LogP contribution in [0.1, 0.15) is 18.1 Å². The Hall–Kier alpha value is -1.48. The normalized spacial score (nSPS) is 10.5. The Balaban J connectivity index is 2.18. The van der Waals surface area contributed by atoms with Gasteiger partial charge in [-0.3, -0.25) is 4.68 Å². The standard InChI is InChI=1S/C13H15ClN2O/c1-3-16-9-12(8-15-16)17-13-5-4-11(7-14)6-10(13)2/h4-6,8-9H,3,7H2,1-2H3. The summed E-state index contributed by atoms with van der Waals surface area (Å²) in [6.45, 7) is 4.89. The summed E-state index contributed by atoms with van der Waals surface area (Å²) in [7, 11) is 0. The topological polar surface area (TPSA) is 27.1 Å². The van der Waals surface area contributed by atoms with E-state index in [4.69, 9.17) is 16.3 Å². The molecule has 2 aromatic rings. The van der Waals surface area contributed by atoms with Crippen molar-refractivity contribution in [3.05, 3.63) is 41.7 Å². The Kier molecular flexibility index (Phi) is 3.69. The van der Waals surface area contributed by atoms with Crippen LogP contribution in [-0.2, 0) is 12.4 Å². The summed E-state index contributed by atoms with van der Waals surface area (Å²) in [6, 6.07) is 5.95. The van der Waals surface area contributed by atoms with Crippen LogP contribution >= 0.6 is 11.6 Å². The summed E-state index contributed by atoms with van der Waals surface area (Å²) in [5.41, 5.74) is 2.17. The minimum absolute atomic E-state index is 0.523. The molecule has 0 unspecified atom stereocenters. The molecule has 0 saturated heterocycles. The molecule has 90 valence electrons. The highest BCUT2D eigenvalue weighted by atomic mass is 35.5. The predicted molar refractivity (Wildman–Crippen MR) is 68.7 cm³/mol. The van der Waals surface area contributed by atoms with Gasteiger partial charge in [0.25, 0.3) is 0 Å². The zero-order valence-electron chi connectivity index (χ0n) is 9.98. The summed E-state index contributed by atoms with van der Waals surface area (Å²) >= 11 is 5.78. The van der Waals surface area contributed by atoms with Gasteiger partial charge in [-0.05, 0) is 31.0 Å². The first-order chi connectivity index (χ1) is 8.22. The molecule has 0 aliphatic carbocycles. The molecule has 1 aromatic heterocycles. The highest BCUT2D eigenvalue weighted by Gasteiger charge is 2.04. The van der Waals surface area contributed by atoms with Crippen LogP contribution in [0.2, 0.25) is 0 Å². The van der Waals surface area contributed by atoms with E-state index in [1.807, 2.05) is 42.9 Å². The fraction of sp³-hybridized carbons (Fsp3) is 0.308. The highest BCUT2D eigenvalue weighted by Crippen LogP contribution is 2.25. The van der Waals surface area contributed by atoms with E-state index in [1.165, 1.54) is 0 Å². The van der Waals surface area contributed by atoms with Gasteiger partial charge < -0.3 is 4.74 Å². The van der Waals surface area contributed by atoms with Gasteiger partial charge in [-0.2, -0.15) is 5.10 Å². The van der Waals surface area contributed by atoms with Crippen LogP contribution in [0, 0.1) is 6.92 Å². The number of nitrogens with zero attached hydrogens (tertiary/aromatic N) is 2. The van der Waals surface area contributed by atoms with Gasteiger partial charge in [-0.1, -0.05) is 12.1 Å². The average molecular weight is 251 g/mol.